The Morgan fingerprint density at radius 2 is 1.50 bits per heavy atom. The van der Waals surface area contributed by atoms with Crippen LogP contribution in [0.25, 0.3) is 11.5 Å². The summed E-state index contributed by atoms with van der Waals surface area (Å²) in [7, 11) is 0. The molecule has 6 heteroatoms. The number of hydrogen-bond acceptors (Lipinski definition) is 5. The van der Waals surface area contributed by atoms with Gasteiger partial charge in [0, 0.05) is 23.1 Å². The zero-order chi connectivity index (χ0) is 29.3. The molecule has 212 valence electrons. The van der Waals surface area contributed by atoms with E-state index in [9.17, 15) is 14.7 Å². The second-order valence-electron chi connectivity index (χ2n) is 10.3. The molecule has 4 aromatic carbocycles. The molecular weight excluding hydrogens is 526 g/mol. The van der Waals surface area contributed by atoms with Crippen LogP contribution in [-0.2, 0) is 24.1 Å². The van der Waals surface area contributed by atoms with Crippen LogP contribution in [0.3, 0.4) is 0 Å². The molecule has 42 heavy (non-hydrogen) atoms. The van der Waals surface area contributed by atoms with Gasteiger partial charge >= 0.3 is 5.97 Å². The van der Waals surface area contributed by atoms with Gasteiger partial charge in [-0.1, -0.05) is 84.9 Å². The Balaban J connectivity index is 1.15. The van der Waals surface area contributed by atoms with Crippen molar-refractivity contribution in [2.45, 2.75) is 32.6 Å². The molecule has 0 bridgehead atoms. The number of nitrogens with zero attached hydrogens (tertiary/aromatic N) is 1. The van der Waals surface area contributed by atoms with Gasteiger partial charge in [0.2, 0.25) is 5.89 Å². The minimum absolute atomic E-state index is 0.0518. The number of oxazole rings is 1. The van der Waals surface area contributed by atoms with Gasteiger partial charge in [-0.3, -0.25) is 9.59 Å². The van der Waals surface area contributed by atoms with E-state index in [0.29, 0.717) is 55.1 Å². The topological polar surface area (TPSA) is 89.6 Å². The lowest BCUT2D eigenvalue weighted by atomic mass is 9.90. The Labute approximate surface area is 245 Å². The highest BCUT2D eigenvalue weighted by Crippen LogP contribution is 2.24. The van der Waals surface area contributed by atoms with Crippen molar-refractivity contribution in [2.75, 3.05) is 6.61 Å². The molecular formula is C36H33NO5. The molecule has 0 saturated carbocycles. The van der Waals surface area contributed by atoms with Gasteiger partial charge in [0.25, 0.3) is 0 Å². The van der Waals surface area contributed by atoms with E-state index in [2.05, 4.69) is 4.98 Å². The Kier molecular flexibility index (Phi) is 9.24. The molecule has 1 aromatic heterocycles. The number of aromatic nitrogens is 1. The molecule has 0 aliphatic carbocycles. The van der Waals surface area contributed by atoms with Gasteiger partial charge in [0.15, 0.2) is 5.78 Å². The summed E-state index contributed by atoms with van der Waals surface area (Å²) in [5, 5.41) is 9.94. The monoisotopic (exact) mass is 559 g/mol. The van der Waals surface area contributed by atoms with Crippen molar-refractivity contribution in [3.63, 3.8) is 0 Å². The average Bonchev–Trinajstić information content (AvgIpc) is 3.40. The maximum atomic E-state index is 13.1. The van der Waals surface area contributed by atoms with Gasteiger partial charge in [-0.15, -0.1) is 0 Å². The fourth-order valence-electron chi connectivity index (χ4n) is 4.98. The van der Waals surface area contributed by atoms with Gasteiger partial charge in [-0.05, 0) is 61.6 Å². The predicted molar refractivity (Wildman–Crippen MR) is 162 cm³/mol. The Hall–Kier alpha value is -4.97. The van der Waals surface area contributed by atoms with Crippen molar-refractivity contribution in [3.8, 4) is 17.2 Å². The average molecular weight is 560 g/mol. The molecule has 0 saturated heterocycles. The standard InChI is InChI=1S/C36H33NO5/c1-25-33(37-35(42-25)29-13-6-3-7-14-29)22-23-41-31-20-16-26(17-21-31)24-30(36(39)40)19-18-27-10-8-9-15-32(27)34(38)28-11-4-2-5-12-28/h2-17,20-21,30H,18-19,22-24H2,1H3,(H,39,40)/t30-/m0/s1. The SMILES string of the molecule is Cc1oc(-c2ccccc2)nc1CCOc1ccc(C[C@H](CCc2ccccc2C(=O)c2ccccc2)C(=O)O)cc1. The predicted octanol–water partition coefficient (Wildman–Crippen LogP) is 7.38. The summed E-state index contributed by atoms with van der Waals surface area (Å²) in [6.45, 7) is 2.35. The van der Waals surface area contributed by atoms with E-state index in [-0.39, 0.29) is 5.78 Å². The summed E-state index contributed by atoms with van der Waals surface area (Å²) >= 11 is 0. The van der Waals surface area contributed by atoms with Crippen molar-refractivity contribution >= 4 is 11.8 Å². The number of rotatable bonds is 13. The molecule has 0 aliphatic heterocycles. The van der Waals surface area contributed by atoms with Crippen LogP contribution in [0.4, 0.5) is 0 Å². The molecule has 0 radical (unpaired) electrons. The first-order chi connectivity index (χ1) is 20.5. The van der Waals surface area contributed by atoms with E-state index < -0.39 is 11.9 Å². The molecule has 0 amide bonds. The maximum absolute atomic E-state index is 13.1. The van der Waals surface area contributed by atoms with E-state index in [4.69, 9.17) is 9.15 Å². The van der Waals surface area contributed by atoms with Gasteiger partial charge in [-0.25, -0.2) is 4.98 Å². The van der Waals surface area contributed by atoms with E-state index in [1.54, 1.807) is 12.1 Å². The molecule has 1 atom stereocenters. The number of aliphatic carboxylic acids is 1. The van der Waals surface area contributed by atoms with E-state index in [1.165, 1.54) is 0 Å². The number of aryl methyl sites for hydroxylation is 2. The summed E-state index contributed by atoms with van der Waals surface area (Å²) in [5.74, 6) is 0.615. The highest BCUT2D eigenvalue weighted by molar-refractivity contribution is 6.09. The molecule has 0 aliphatic rings. The molecule has 0 spiro atoms. The van der Waals surface area contributed by atoms with Gasteiger partial charge < -0.3 is 14.3 Å². The number of benzene rings is 4. The third-order valence-electron chi connectivity index (χ3n) is 7.34. The fraction of sp³-hybridized carbons (Fsp3) is 0.194. The molecule has 1 heterocycles. The van der Waals surface area contributed by atoms with Crippen molar-refractivity contribution in [1.82, 2.24) is 4.98 Å². The molecule has 5 rings (SSSR count). The number of carboxylic acid groups (broad SMARTS) is 1. The quantitative estimate of drug-likeness (QED) is 0.151. The summed E-state index contributed by atoms with van der Waals surface area (Å²) in [5.41, 5.74) is 4.82. The Bertz CT molecular complexity index is 1620. The lowest BCUT2D eigenvalue weighted by Gasteiger charge is -2.15. The fourth-order valence-corrected chi connectivity index (χ4v) is 4.98. The van der Waals surface area contributed by atoms with Crippen LogP contribution in [0.2, 0.25) is 0 Å². The Morgan fingerprint density at radius 1 is 0.833 bits per heavy atom. The van der Waals surface area contributed by atoms with Crippen LogP contribution < -0.4 is 4.74 Å². The minimum Gasteiger partial charge on any atom is -0.493 e. The highest BCUT2D eigenvalue weighted by atomic mass is 16.5. The summed E-state index contributed by atoms with van der Waals surface area (Å²) in [6, 6.07) is 33.9. The van der Waals surface area contributed by atoms with Gasteiger partial charge in [0.1, 0.15) is 11.5 Å². The zero-order valence-corrected chi connectivity index (χ0v) is 23.5. The van der Waals surface area contributed by atoms with E-state index >= 15 is 0 Å². The van der Waals surface area contributed by atoms with Crippen molar-refractivity contribution in [2.24, 2.45) is 5.92 Å². The smallest absolute Gasteiger partial charge is 0.306 e. The summed E-state index contributed by atoms with van der Waals surface area (Å²) < 4.78 is 11.8. The van der Waals surface area contributed by atoms with Crippen LogP contribution in [-0.4, -0.2) is 28.4 Å². The number of hydrogen-bond donors (Lipinski definition) is 1. The second kappa shape index (κ2) is 13.6. The number of ether oxygens (including phenoxy) is 1. The number of carbonyl (C=O) groups excluding carboxylic acids is 1. The van der Waals surface area contributed by atoms with Gasteiger partial charge in [-0.2, -0.15) is 0 Å². The summed E-state index contributed by atoms with van der Waals surface area (Å²) in [4.78, 5) is 29.8. The van der Waals surface area contributed by atoms with Crippen LogP contribution in [0, 0.1) is 12.8 Å². The van der Waals surface area contributed by atoms with Crippen molar-refractivity contribution in [3.05, 3.63) is 143 Å². The molecule has 0 fully saturated rings. The molecule has 1 N–H and O–H groups in total. The van der Waals surface area contributed by atoms with Crippen LogP contribution in [0.1, 0.15) is 44.9 Å². The van der Waals surface area contributed by atoms with Crippen molar-refractivity contribution < 1.29 is 23.8 Å². The number of carboxylic acids is 1. The molecule has 5 aromatic rings. The first kappa shape index (κ1) is 28.6. The highest BCUT2D eigenvalue weighted by Gasteiger charge is 2.20. The third kappa shape index (κ3) is 7.21. The summed E-state index contributed by atoms with van der Waals surface area (Å²) in [6.07, 6.45) is 1.93. The molecule has 0 unspecified atom stereocenters. The van der Waals surface area contributed by atoms with Crippen LogP contribution in [0.5, 0.6) is 5.75 Å². The van der Waals surface area contributed by atoms with E-state index in [1.807, 2.05) is 104 Å². The number of ketones is 1. The lowest BCUT2D eigenvalue weighted by molar-refractivity contribution is -0.141. The number of carbonyl (C=O) groups is 2. The second-order valence-corrected chi connectivity index (χ2v) is 10.3. The van der Waals surface area contributed by atoms with Gasteiger partial charge in [0.05, 0.1) is 18.2 Å². The first-order valence-corrected chi connectivity index (χ1v) is 14.1. The molecule has 6 nitrogen and oxygen atoms in total. The maximum Gasteiger partial charge on any atom is 0.306 e. The first-order valence-electron chi connectivity index (χ1n) is 14.1. The largest absolute Gasteiger partial charge is 0.493 e. The van der Waals surface area contributed by atoms with E-state index in [0.717, 1.165) is 28.1 Å². The van der Waals surface area contributed by atoms with Crippen LogP contribution in [0.15, 0.2) is 114 Å². The third-order valence-corrected chi connectivity index (χ3v) is 7.34. The lowest BCUT2D eigenvalue weighted by Crippen LogP contribution is -2.18. The zero-order valence-electron chi connectivity index (χ0n) is 23.5. The minimum atomic E-state index is -0.847. The normalized spacial score (nSPS) is 11.6. The van der Waals surface area contributed by atoms with Crippen LogP contribution >= 0.6 is 0 Å². The Morgan fingerprint density at radius 3 is 2.21 bits per heavy atom. The van der Waals surface area contributed by atoms with Crippen molar-refractivity contribution in [1.29, 1.82) is 0 Å².